The van der Waals surface area contributed by atoms with Gasteiger partial charge in [-0.1, -0.05) is 16.1 Å². The molecule has 2 aromatic heterocycles. The summed E-state index contributed by atoms with van der Waals surface area (Å²) in [6.07, 6.45) is 2.58. The Labute approximate surface area is 117 Å². The Morgan fingerprint density at radius 2 is 2.28 bits per heavy atom. The Morgan fingerprint density at radius 3 is 2.83 bits per heavy atom. The monoisotopic (exact) mass is 350 g/mol. The van der Waals surface area contributed by atoms with Gasteiger partial charge in [0.25, 0.3) is 5.43 Å². The highest BCUT2D eigenvalue weighted by molar-refractivity contribution is 9.10. The predicted molar refractivity (Wildman–Crippen MR) is 69.1 cm³/mol. The first-order valence-electron chi connectivity index (χ1n) is 4.49. The molecule has 7 nitrogen and oxygen atoms in total. The third kappa shape index (κ3) is 2.57. The fourth-order valence-corrected chi connectivity index (χ4v) is 2.34. The first kappa shape index (κ1) is 13.1. The molecule has 0 saturated heterocycles. The Hall–Kier alpha value is -1.32. The smallest absolute Gasteiger partial charge is 0.333 e. The zero-order chi connectivity index (χ0) is 13.3. The molecule has 0 unspecified atom stereocenters. The molecule has 2 aromatic rings. The van der Waals surface area contributed by atoms with Crippen LogP contribution in [0.15, 0.2) is 21.7 Å². The summed E-state index contributed by atoms with van der Waals surface area (Å²) in [7, 11) is 0. The first-order chi connectivity index (χ1) is 8.49. The number of halogens is 2. The Bertz CT molecular complexity index is 671. The number of hydrogen-bond acceptors (Lipinski definition) is 6. The minimum Gasteiger partial charge on any atom is -0.341 e. The summed E-state index contributed by atoms with van der Waals surface area (Å²) in [5.74, 6) is 0. The van der Waals surface area contributed by atoms with Crippen LogP contribution in [0.2, 0.25) is 4.34 Å². The van der Waals surface area contributed by atoms with Crippen molar-refractivity contribution in [2.24, 2.45) is 0 Å². The highest BCUT2D eigenvalue weighted by Crippen LogP contribution is 2.19. The van der Waals surface area contributed by atoms with E-state index in [1.807, 2.05) is 0 Å². The number of pyridine rings is 1. The molecular weight excluding hydrogens is 348 g/mol. The molecular formula is C8H4BrClN4O3S. The molecule has 10 heteroatoms. The van der Waals surface area contributed by atoms with Crippen LogP contribution in [0.3, 0.4) is 0 Å². The lowest BCUT2D eigenvalue weighted by molar-refractivity contribution is -0.386. The number of nitro groups is 1. The van der Waals surface area contributed by atoms with Crippen molar-refractivity contribution >= 4 is 44.8 Å². The largest absolute Gasteiger partial charge is 0.341 e. The normalized spacial score (nSPS) is 10.6. The molecule has 18 heavy (non-hydrogen) atoms. The van der Waals surface area contributed by atoms with E-state index < -0.39 is 16.0 Å². The minimum atomic E-state index is -0.732. The van der Waals surface area contributed by atoms with Gasteiger partial charge in [-0.3, -0.25) is 14.9 Å². The fraction of sp³-hybridized carbons (Fsp3) is 0.125. The van der Waals surface area contributed by atoms with Crippen molar-refractivity contribution in [2.75, 3.05) is 0 Å². The molecule has 0 aliphatic carbocycles. The second kappa shape index (κ2) is 5.12. The van der Waals surface area contributed by atoms with Crippen molar-refractivity contribution in [3.05, 3.63) is 47.2 Å². The van der Waals surface area contributed by atoms with Gasteiger partial charge in [-0.2, -0.15) is 0 Å². The third-order valence-corrected chi connectivity index (χ3v) is 3.60. The molecule has 0 aliphatic heterocycles. The predicted octanol–water partition coefficient (Wildman–Crippen LogP) is 2.07. The van der Waals surface area contributed by atoms with Gasteiger partial charge in [-0.05, 0) is 15.9 Å². The number of nitrogens with zero attached hydrogens (tertiary/aromatic N) is 4. The van der Waals surface area contributed by atoms with Gasteiger partial charge in [-0.25, -0.2) is 0 Å². The van der Waals surface area contributed by atoms with E-state index in [0.29, 0.717) is 10.0 Å². The molecule has 94 valence electrons. The molecule has 0 spiro atoms. The highest BCUT2D eigenvalue weighted by Gasteiger charge is 2.16. The number of aromatic nitrogens is 3. The minimum absolute atomic E-state index is 0.107. The van der Waals surface area contributed by atoms with Crippen LogP contribution < -0.4 is 5.43 Å². The number of hydrogen-bond donors (Lipinski definition) is 0. The summed E-state index contributed by atoms with van der Waals surface area (Å²) in [5.41, 5.74) is -0.686. The van der Waals surface area contributed by atoms with Crippen LogP contribution >= 0.6 is 39.1 Å². The molecule has 0 amide bonds. The molecule has 0 saturated carbocycles. The summed E-state index contributed by atoms with van der Waals surface area (Å²) in [6, 6.07) is 0. The van der Waals surface area contributed by atoms with E-state index in [-0.39, 0.29) is 11.0 Å². The summed E-state index contributed by atoms with van der Waals surface area (Å²) in [4.78, 5) is 21.5. The Kier molecular flexibility index (Phi) is 3.73. The van der Waals surface area contributed by atoms with Crippen molar-refractivity contribution in [1.82, 2.24) is 14.2 Å². The second-order valence-electron chi connectivity index (χ2n) is 3.24. The Morgan fingerprint density at radius 1 is 1.56 bits per heavy atom. The maximum Gasteiger partial charge on any atom is 0.333 e. The zero-order valence-electron chi connectivity index (χ0n) is 8.54. The van der Waals surface area contributed by atoms with Crippen molar-refractivity contribution in [1.29, 1.82) is 0 Å². The van der Waals surface area contributed by atoms with Crippen LogP contribution in [-0.4, -0.2) is 19.1 Å². The molecule has 0 aromatic carbocycles. The van der Waals surface area contributed by atoms with Gasteiger partial charge >= 0.3 is 5.69 Å². The lowest BCUT2D eigenvalue weighted by atomic mass is 10.4. The van der Waals surface area contributed by atoms with Gasteiger partial charge in [0.15, 0.2) is 0 Å². The second-order valence-corrected chi connectivity index (χ2v) is 5.45. The maximum absolute atomic E-state index is 11.5. The van der Waals surface area contributed by atoms with E-state index in [4.69, 9.17) is 11.6 Å². The topological polar surface area (TPSA) is 90.9 Å². The highest BCUT2D eigenvalue weighted by atomic mass is 79.9. The molecule has 2 rings (SSSR count). The lowest BCUT2D eigenvalue weighted by Crippen LogP contribution is -2.13. The zero-order valence-corrected chi connectivity index (χ0v) is 11.7. The molecule has 0 N–H and O–H groups in total. The van der Waals surface area contributed by atoms with Gasteiger partial charge in [0.1, 0.15) is 10.0 Å². The van der Waals surface area contributed by atoms with E-state index >= 15 is 0 Å². The molecule has 2 heterocycles. The average Bonchev–Trinajstić information content (AvgIpc) is 2.69. The van der Waals surface area contributed by atoms with Gasteiger partial charge in [0.05, 0.1) is 22.1 Å². The van der Waals surface area contributed by atoms with E-state index in [1.165, 1.54) is 10.8 Å². The van der Waals surface area contributed by atoms with E-state index in [1.54, 1.807) is 0 Å². The van der Waals surface area contributed by atoms with Gasteiger partial charge in [-0.15, -0.1) is 5.10 Å². The molecule has 0 radical (unpaired) electrons. The molecule has 0 fully saturated rings. The molecule has 0 atom stereocenters. The number of rotatable bonds is 3. The van der Waals surface area contributed by atoms with E-state index in [9.17, 15) is 14.9 Å². The standard InChI is InChI=1S/C8H4BrClN4O3S/c9-4-1-13(2-5-8(10)18-12-11-5)3-6(7(4)15)14(16)17/h1,3H,2H2. The van der Waals surface area contributed by atoms with Gasteiger partial charge in [0, 0.05) is 17.7 Å². The van der Waals surface area contributed by atoms with Crippen molar-refractivity contribution in [3.8, 4) is 0 Å². The van der Waals surface area contributed by atoms with E-state index in [0.717, 1.165) is 17.7 Å². The fourth-order valence-electron chi connectivity index (χ4n) is 1.27. The van der Waals surface area contributed by atoms with Crippen LogP contribution in [0.4, 0.5) is 5.69 Å². The molecule has 0 aliphatic rings. The van der Waals surface area contributed by atoms with Crippen molar-refractivity contribution in [3.63, 3.8) is 0 Å². The summed E-state index contributed by atoms with van der Waals surface area (Å²) >= 11 is 9.84. The van der Waals surface area contributed by atoms with Crippen LogP contribution in [0.25, 0.3) is 0 Å². The first-order valence-corrected chi connectivity index (χ1v) is 6.44. The van der Waals surface area contributed by atoms with Crippen LogP contribution in [0, 0.1) is 10.1 Å². The maximum atomic E-state index is 11.5. The molecule has 0 bridgehead atoms. The average molecular weight is 352 g/mol. The lowest BCUT2D eigenvalue weighted by Gasteiger charge is -2.04. The SMILES string of the molecule is O=c1c(Br)cn(Cc2nnsc2Cl)cc1[N+](=O)[O-]. The van der Waals surface area contributed by atoms with Crippen molar-refractivity contribution < 1.29 is 4.92 Å². The van der Waals surface area contributed by atoms with E-state index in [2.05, 4.69) is 25.5 Å². The summed E-state index contributed by atoms with van der Waals surface area (Å²) in [6.45, 7) is 0.203. The van der Waals surface area contributed by atoms with Crippen LogP contribution in [0.5, 0.6) is 0 Å². The summed E-state index contributed by atoms with van der Waals surface area (Å²) < 4.78 is 5.62. The summed E-state index contributed by atoms with van der Waals surface area (Å²) in [5, 5.41) is 14.5. The Balaban J connectivity index is 2.44. The van der Waals surface area contributed by atoms with Gasteiger partial charge < -0.3 is 4.57 Å². The van der Waals surface area contributed by atoms with Crippen LogP contribution in [-0.2, 0) is 6.54 Å². The van der Waals surface area contributed by atoms with Crippen LogP contribution in [0.1, 0.15) is 5.69 Å². The van der Waals surface area contributed by atoms with Gasteiger partial charge in [0.2, 0.25) is 0 Å². The third-order valence-electron chi connectivity index (χ3n) is 2.06. The van der Waals surface area contributed by atoms with Crippen molar-refractivity contribution in [2.45, 2.75) is 6.54 Å². The quantitative estimate of drug-likeness (QED) is 0.623.